The van der Waals surface area contributed by atoms with Crippen LogP contribution in [0.25, 0.3) is 0 Å². The zero-order valence-corrected chi connectivity index (χ0v) is 12.3. The number of ether oxygens (including phenoxy) is 3. The van der Waals surface area contributed by atoms with Crippen molar-refractivity contribution in [3.63, 3.8) is 0 Å². The fourth-order valence-electron chi connectivity index (χ4n) is 1.44. The first kappa shape index (κ1) is 16.8. The largest absolute Gasteiger partial charge is 0.497 e. The smallest absolute Gasteiger partial charge is 0.122 e. The van der Waals surface area contributed by atoms with Crippen LogP contribution in [0, 0.1) is 0 Å². The quantitative estimate of drug-likeness (QED) is 0.462. The zero-order valence-electron chi connectivity index (χ0n) is 12.3. The van der Waals surface area contributed by atoms with Crippen LogP contribution in [0.3, 0.4) is 0 Å². The molecule has 0 spiro atoms. The normalized spacial score (nSPS) is 13.4. The summed E-state index contributed by atoms with van der Waals surface area (Å²) >= 11 is 0. The van der Waals surface area contributed by atoms with Gasteiger partial charge in [0, 0.05) is 19.1 Å². The van der Waals surface area contributed by atoms with E-state index in [1.807, 2.05) is 26.0 Å². The Morgan fingerprint density at radius 1 is 1.28 bits per heavy atom. The van der Waals surface area contributed by atoms with Crippen LogP contribution in [0.5, 0.6) is 0 Å². The van der Waals surface area contributed by atoms with Gasteiger partial charge in [-0.15, -0.1) is 0 Å². The summed E-state index contributed by atoms with van der Waals surface area (Å²) < 4.78 is 16.4. The molecule has 0 fully saturated rings. The highest BCUT2D eigenvalue weighted by Crippen LogP contribution is 2.15. The molecule has 0 aromatic rings. The summed E-state index contributed by atoms with van der Waals surface area (Å²) in [7, 11) is 1.63. The molecule has 18 heavy (non-hydrogen) atoms. The van der Waals surface area contributed by atoms with E-state index in [1.54, 1.807) is 13.2 Å². The van der Waals surface area contributed by atoms with E-state index in [4.69, 9.17) is 14.2 Å². The zero-order chi connectivity index (χ0) is 14.0. The van der Waals surface area contributed by atoms with Crippen molar-refractivity contribution in [2.75, 3.05) is 20.3 Å². The van der Waals surface area contributed by atoms with Crippen LogP contribution >= 0.6 is 0 Å². The highest BCUT2D eigenvalue weighted by atomic mass is 16.5. The minimum atomic E-state index is -0.161. The highest BCUT2D eigenvalue weighted by molar-refractivity contribution is 5.21. The first-order valence-corrected chi connectivity index (χ1v) is 6.30. The van der Waals surface area contributed by atoms with Crippen molar-refractivity contribution in [2.45, 2.75) is 39.7 Å². The van der Waals surface area contributed by atoms with Gasteiger partial charge in [0.05, 0.1) is 19.3 Å². The maximum atomic E-state index is 5.65. The van der Waals surface area contributed by atoms with Crippen LogP contribution in [0.4, 0.5) is 0 Å². The number of methoxy groups -OCH3 is 1. The molecule has 3 nitrogen and oxygen atoms in total. The molecule has 104 valence electrons. The SMILES string of the molecule is C=CC(=CC(=CC)OC)OCCC(C)(C)OCC. The van der Waals surface area contributed by atoms with Crippen LogP contribution in [-0.2, 0) is 14.2 Å². The molecule has 0 saturated carbocycles. The van der Waals surface area contributed by atoms with Gasteiger partial charge in [0.15, 0.2) is 0 Å². The Labute approximate surface area is 111 Å². The maximum absolute atomic E-state index is 5.65. The van der Waals surface area contributed by atoms with Gasteiger partial charge in [-0.3, -0.25) is 0 Å². The van der Waals surface area contributed by atoms with Gasteiger partial charge < -0.3 is 14.2 Å². The Hall–Kier alpha value is -1.22. The van der Waals surface area contributed by atoms with Crippen LogP contribution in [0.2, 0.25) is 0 Å². The summed E-state index contributed by atoms with van der Waals surface area (Å²) in [5.41, 5.74) is -0.161. The molecule has 0 saturated heterocycles. The molecule has 0 unspecified atom stereocenters. The molecule has 0 aromatic heterocycles. The van der Waals surface area contributed by atoms with E-state index >= 15 is 0 Å². The predicted molar refractivity (Wildman–Crippen MR) is 75.3 cm³/mol. The number of hydrogen-bond acceptors (Lipinski definition) is 3. The summed E-state index contributed by atoms with van der Waals surface area (Å²) in [4.78, 5) is 0. The lowest BCUT2D eigenvalue weighted by atomic mass is 10.1. The summed E-state index contributed by atoms with van der Waals surface area (Å²) in [6.45, 7) is 13.1. The second-order valence-corrected chi connectivity index (χ2v) is 4.44. The molecule has 0 heterocycles. The Balaban J connectivity index is 4.29. The molecular weight excluding hydrogens is 228 g/mol. The highest BCUT2D eigenvalue weighted by Gasteiger charge is 2.17. The van der Waals surface area contributed by atoms with Crippen molar-refractivity contribution in [1.82, 2.24) is 0 Å². The first-order valence-electron chi connectivity index (χ1n) is 6.30. The molecule has 0 aliphatic heterocycles. The van der Waals surface area contributed by atoms with Crippen LogP contribution < -0.4 is 0 Å². The van der Waals surface area contributed by atoms with E-state index in [0.29, 0.717) is 19.0 Å². The third kappa shape index (κ3) is 7.17. The Morgan fingerprint density at radius 2 is 1.94 bits per heavy atom. The molecule has 3 heteroatoms. The lowest BCUT2D eigenvalue weighted by Crippen LogP contribution is -2.26. The second-order valence-electron chi connectivity index (χ2n) is 4.44. The minimum Gasteiger partial charge on any atom is -0.497 e. The molecule has 0 aliphatic carbocycles. The average Bonchev–Trinajstić information content (AvgIpc) is 2.33. The van der Waals surface area contributed by atoms with Crippen molar-refractivity contribution in [3.8, 4) is 0 Å². The number of hydrogen-bond donors (Lipinski definition) is 0. The lowest BCUT2D eigenvalue weighted by Gasteiger charge is -2.24. The summed E-state index contributed by atoms with van der Waals surface area (Å²) in [6, 6.07) is 0. The van der Waals surface area contributed by atoms with Gasteiger partial charge in [0.1, 0.15) is 11.5 Å². The van der Waals surface area contributed by atoms with Crippen molar-refractivity contribution in [3.05, 3.63) is 36.3 Å². The second kappa shape index (κ2) is 8.81. The van der Waals surface area contributed by atoms with Gasteiger partial charge in [0.2, 0.25) is 0 Å². The van der Waals surface area contributed by atoms with E-state index in [0.717, 1.165) is 12.2 Å². The van der Waals surface area contributed by atoms with Crippen LogP contribution in [0.15, 0.2) is 36.3 Å². The lowest BCUT2D eigenvalue weighted by molar-refractivity contribution is -0.0283. The molecule has 0 aliphatic rings. The molecule has 0 radical (unpaired) electrons. The minimum absolute atomic E-state index is 0.161. The van der Waals surface area contributed by atoms with Crippen LogP contribution in [-0.4, -0.2) is 25.9 Å². The number of allylic oxidation sites excluding steroid dienone is 3. The van der Waals surface area contributed by atoms with Gasteiger partial charge in [-0.05, 0) is 39.8 Å². The Morgan fingerprint density at radius 3 is 2.39 bits per heavy atom. The monoisotopic (exact) mass is 254 g/mol. The van der Waals surface area contributed by atoms with Crippen molar-refractivity contribution in [1.29, 1.82) is 0 Å². The summed E-state index contributed by atoms with van der Waals surface area (Å²) in [6.07, 6.45) is 6.19. The molecule has 0 aromatic carbocycles. The molecule has 0 rings (SSSR count). The summed E-state index contributed by atoms with van der Waals surface area (Å²) in [5, 5.41) is 0. The van der Waals surface area contributed by atoms with Gasteiger partial charge in [-0.1, -0.05) is 6.58 Å². The fourth-order valence-corrected chi connectivity index (χ4v) is 1.44. The van der Waals surface area contributed by atoms with Gasteiger partial charge in [-0.2, -0.15) is 0 Å². The van der Waals surface area contributed by atoms with Crippen LogP contribution in [0.1, 0.15) is 34.1 Å². The average molecular weight is 254 g/mol. The number of rotatable bonds is 9. The third-order valence-corrected chi connectivity index (χ3v) is 2.51. The van der Waals surface area contributed by atoms with Gasteiger partial charge in [-0.25, -0.2) is 0 Å². The Bertz CT molecular complexity index is 301. The molecule has 0 bridgehead atoms. The maximum Gasteiger partial charge on any atom is 0.122 e. The fraction of sp³-hybridized carbons (Fsp3) is 0.600. The van der Waals surface area contributed by atoms with Crippen molar-refractivity contribution in [2.24, 2.45) is 0 Å². The third-order valence-electron chi connectivity index (χ3n) is 2.51. The Kier molecular flexibility index (Phi) is 8.21. The first-order chi connectivity index (χ1) is 8.49. The van der Waals surface area contributed by atoms with E-state index < -0.39 is 0 Å². The van der Waals surface area contributed by atoms with Gasteiger partial charge >= 0.3 is 0 Å². The van der Waals surface area contributed by atoms with Gasteiger partial charge in [0.25, 0.3) is 0 Å². The molecule has 0 atom stereocenters. The van der Waals surface area contributed by atoms with E-state index in [2.05, 4.69) is 20.4 Å². The molecular formula is C15H26O3. The molecule has 0 N–H and O–H groups in total. The van der Waals surface area contributed by atoms with E-state index in [9.17, 15) is 0 Å². The van der Waals surface area contributed by atoms with Crippen molar-refractivity contribution < 1.29 is 14.2 Å². The predicted octanol–water partition coefficient (Wildman–Crippen LogP) is 3.83. The standard InChI is InChI=1S/C15H26O3/c1-7-13(16-6)12-14(8-2)17-11-10-15(4,5)18-9-3/h7-8,12H,2,9-11H2,1,3-6H3. The van der Waals surface area contributed by atoms with E-state index in [-0.39, 0.29) is 5.60 Å². The van der Waals surface area contributed by atoms with Crippen molar-refractivity contribution >= 4 is 0 Å². The topological polar surface area (TPSA) is 27.7 Å². The van der Waals surface area contributed by atoms with E-state index in [1.165, 1.54) is 0 Å². The summed E-state index contributed by atoms with van der Waals surface area (Å²) in [5.74, 6) is 1.46. The molecule has 0 amide bonds.